The number of anilines is 2. The van der Waals surface area contributed by atoms with Crippen LogP contribution in [0.25, 0.3) is 11.0 Å². The van der Waals surface area contributed by atoms with E-state index in [0.717, 1.165) is 43.5 Å². The highest BCUT2D eigenvalue weighted by molar-refractivity contribution is 5.92. The first-order valence-electron chi connectivity index (χ1n) is 12.9. The number of benzene rings is 1. The third-order valence-corrected chi connectivity index (χ3v) is 8.07. The van der Waals surface area contributed by atoms with Gasteiger partial charge in [0.25, 0.3) is 5.56 Å². The minimum absolute atomic E-state index is 0.0551. The van der Waals surface area contributed by atoms with Crippen LogP contribution in [-0.2, 0) is 7.05 Å². The molecule has 2 aliphatic carbocycles. The molecule has 37 heavy (non-hydrogen) atoms. The first-order valence-corrected chi connectivity index (χ1v) is 12.9. The Morgan fingerprint density at radius 1 is 1.05 bits per heavy atom. The van der Waals surface area contributed by atoms with E-state index < -0.39 is 0 Å². The van der Waals surface area contributed by atoms with Crippen molar-refractivity contribution < 1.29 is 4.39 Å². The van der Waals surface area contributed by atoms with Gasteiger partial charge in [0.05, 0.1) is 11.2 Å². The summed E-state index contributed by atoms with van der Waals surface area (Å²) >= 11 is 0. The standard InChI is InChI=1S/C29H31FN6O/c1-18-14-20(30)6-12-25(18)36(17-19-4-5-19)23-10-8-22(9-11-23)34(2)28-24(16-32)29(37)35(3)26-13-7-21(15-31)33-27(26)28/h6-7,12-14,19,22-23H,4-5,8-11,17H2,1-3H3/t22-,23-. The van der Waals surface area contributed by atoms with Gasteiger partial charge in [0.1, 0.15) is 34.7 Å². The van der Waals surface area contributed by atoms with Crippen LogP contribution in [0.3, 0.4) is 0 Å². The Morgan fingerprint density at radius 2 is 1.76 bits per heavy atom. The normalized spacial score (nSPS) is 19.3. The molecule has 2 heterocycles. The predicted octanol–water partition coefficient (Wildman–Crippen LogP) is 4.79. The lowest BCUT2D eigenvalue weighted by Crippen LogP contribution is -2.45. The van der Waals surface area contributed by atoms with Crippen LogP contribution in [0.4, 0.5) is 15.8 Å². The largest absolute Gasteiger partial charge is 0.369 e. The fraction of sp³-hybridized carbons (Fsp3) is 0.448. The molecule has 2 aliphatic rings. The molecule has 2 fully saturated rings. The van der Waals surface area contributed by atoms with Gasteiger partial charge in [0, 0.05) is 38.4 Å². The number of aryl methyl sites for hydroxylation is 2. The fourth-order valence-corrected chi connectivity index (χ4v) is 5.80. The average Bonchev–Trinajstić information content (AvgIpc) is 3.73. The highest BCUT2D eigenvalue weighted by Crippen LogP contribution is 2.38. The van der Waals surface area contributed by atoms with Gasteiger partial charge in [-0.2, -0.15) is 10.5 Å². The van der Waals surface area contributed by atoms with E-state index in [1.165, 1.54) is 17.4 Å². The maximum Gasteiger partial charge on any atom is 0.270 e. The van der Waals surface area contributed by atoms with E-state index >= 15 is 0 Å². The molecule has 190 valence electrons. The molecule has 8 heteroatoms. The lowest BCUT2D eigenvalue weighted by molar-refractivity contribution is 0.364. The van der Waals surface area contributed by atoms with Crippen LogP contribution in [0.2, 0.25) is 0 Å². The summed E-state index contributed by atoms with van der Waals surface area (Å²) in [4.78, 5) is 22.0. The van der Waals surface area contributed by atoms with Crippen molar-refractivity contribution in [3.05, 3.63) is 63.3 Å². The average molecular weight is 499 g/mol. The Morgan fingerprint density at radius 3 is 2.38 bits per heavy atom. The summed E-state index contributed by atoms with van der Waals surface area (Å²) in [5.74, 6) is 0.496. The van der Waals surface area contributed by atoms with Gasteiger partial charge in [-0.05, 0) is 87.3 Å². The molecule has 1 aromatic carbocycles. The predicted molar refractivity (Wildman–Crippen MR) is 142 cm³/mol. The van der Waals surface area contributed by atoms with Crippen LogP contribution < -0.4 is 15.4 Å². The lowest BCUT2D eigenvalue weighted by Gasteiger charge is -2.42. The molecule has 0 unspecified atom stereocenters. The molecule has 2 saturated carbocycles. The van der Waals surface area contributed by atoms with Crippen LogP contribution in [0.5, 0.6) is 0 Å². The molecule has 5 rings (SSSR count). The van der Waals surface area contributed by atoms with Crippen molar-refractivity contribution in [2.45, 2.75) is 57.5 Å². The molecule has 2 aromatic heterocycles. The van der Waals surface area contributed by atoms with E-state index in [4.69, 9.17) is 0 Å². The van der Waals surface area contributed by atoms with E-state index in [1.807, 2.05) is 24.9 Å². The highest BCUT2D eigenvalue weighted by Gasteiger charge is 2.34. The van der Waals surface area contributed by atoms with Gasteiger partial charge in [0.15, 0.2) is 0 Å². The van der Waals surface area contributed by atoms with Crippen LogP contribution in [0, 0.1) is 41.3 Å². The first-order chi connectivity index (χ1) is 17.8. The van der Waals surface area contributed by atoms with Crippen LogP contribution in [0.1, 0.15) is 55.3 Å². The van der Waals surface area contributed by atoms with Crippen LogP contribution in [0.15, 0.2) is 35.1 Å². The number of hydrogen-bond donors (Lipinski definition) is 0. The van der Waals surface area contributed by atoms with E-state index in [1.54, 1.807) is 31.3 Å². The zero-order valence-electron chi connectivity index (χ0n) is 21.5. The number of aromatic nitrogens is 2. The van der Waals surface area contributed by atoms with E-state index in [2.05, 4.69) is 22.0 Å². The molecule has 0 amide bonds. The SMILES string of the molecule is Cc1cc(F)ccc1N(CC1CC1)[C@H]1CC[C@H](N(C)c2c(C#N)c(=O)n(C)c3ccc(C#N)nc23)CC1. The third-order valence-electron chi connectivity index (χ3n) is 8.07. The summed E-state index contributed by atoms with van der Waals surface area (Å²) in [5.41, 5.74) is 3.62. The van der Waals surface area contributed by atoms with Crippen molar-refractivity contribution in [1.82, 2.24) is 9.55 Å². The number of pyridine rings is 2. The monoisotopic (exact) mass is 498 g/mol. The van der Waals surface area contributed by atoms with E-state index in [-0.39, 0.29) is 28.7 Å². The molecule has 0 bridgehead atoms. The summed E-state index contributed by atoms with van der Waals surface area (Å²) in [7, 11) is 3.55. The van der Waals surface area contributed by atoms with Crippen LogP contribution >= 0.6 is 0 Å². The fourth-order valence-electron chi connectivity index (χ4n) is 5.80. The molecule has 3 aromatic rings. The molecule has 0 radical (unpaired) electrons. The molecular formula is C29H31FN6O. The summed E-state index contributed by atoms with van der Waals surface area (Å²) in [6.45, 7) is 2.97. The zero-order chi connectivity index (χ0) is 26.3. The maximum absolute atomic E-state index is 13.8. The minimum Gasteiger partial charge on any atom is -0.369 e. The lowest BCUT2D eigenvalue weighted by atomic mass is 9.88. The number of nitriles is 2. The molecule has 0 aliphatic heterocycles. The Kier molecular flexibility index (Phi) is 6.60. The summed E-state index contributed by atoms with van der Waals surface area (Å²) in [5, 5.41) is 19.3. The third kappa shape index (κ3) is 4.64. The minimum atomic E-state index is -0.362. The van der Waals surface area contributed by atoms with Gasteiger partial charge in [-0.3, -0.25) is 4.79 Å². The second kappa shape index (κ2) is 9.86. The smallest absolute Gasteiger partial charge is 0.270 e. The number of fused-ring (bicyclic) bond motifs is 1. The number of halogens is 1. The molecule has 0 N–H and O–H groups in total. The quantitative estimate of drug-likeness (QED) is 0.486. The Bertz CT molecular complexity index is 1490. The Hall–Kier alpha value is -3.91. The number of nitrogens with zero attached hydrogens (tertiary/aromatic N) is 6. The number of hydrogen-bond acceptors (Lipinski definition) is 6. The molecule has 0 saturated heterocycles. The molecule has 0 spiro atoms. The first kappa shape index (κ1) is 24.8. The van der Waals surface area contributed by atoms with Crippen LogP contribution in [-0.4, -0.2) is 35.2 Å². The Balaban J connectivity index is 1.44. The summed E-state index contributed by atoms with van der Waals surface area (Å²) < 4.78 is 15.2. The summed E-state index contributed by atoms with van der Waals surface area (Å²) in [6, 6.07) is 13.0. The van der Waals surface area contributed by atoms with Crippen molar-refractivity contribution >= 4 is 22.4 Å². The van der Waals surface area contributed by atoms with Crippen molar-refractivity contribution in [1.29, 1.82) is 10.5 Å². The van der Waals surface area contributed by atoms with Crippen molar-refractivity contribution in [2.75, 3.05) is 23.4 Å². The van der Waals surface area contributed by atoms with Gasteiger partial charge in [0.2, 0.25) is 0 Å². The summed E-state index contributed by atoms with van der Waals surface area (Å²) in [6.07, 6.45) is 6.20. The van der Waals surface area contributed by atoms with Gasteiger partial charge in [-0.15, -0.1) is 0 Å². The topological polar surface area (TPSA) is 89.0 Å². The van der Waals surface area contributed by atoms with E-state index in [9.17, 15) is 19.7 Å². The Labute approximate surface area is 216 Å². The van der Waals surface area contributed by atoms with Gasteiger partial charge in [-0.1, -0.05) is 0 Å². The second-order valence-electron chi connectivity index (χ2n) is 10.5. The zero-order valence-corrected chi connectivity index (χ0v) is 21.5. The van der Waals surface area contributed by atoms with Gasteiger partial charge in [-0.25, -0.2) is 9.37 Å². The van der Waals surface area contributed by atoms with Crippen molar-refractivity contribution in [3.63, 3.8) is 0 Å². The number of rotatable bonds is 6. The van der Waals surface area contributed by atoms with Gasteiger partial charge >= 0.3 is 0 Å². The maximum atomic E-state index is 13.8. The molecular weight excluding hydrogens is 467 g/mol. The highest BCUT2D eigenvalue weighted by atomic mass is 19.1. The molecule has 0 atom stereocenters. The van der Waals surface area contributed by atoms with Gasteiger partial charge < -0.3 is 14.4 Å². The molecule has 7 nitrogen and oxygen atoms in total. The van der Waals surface area contributed by atoms with Crippen molar-refractivity contribution in [2.24, 2.45) is 13.0 Å². The van der Waals surface area contributed by atoms with E-state index in [0.29, 0.717) is 28.7 Å². The van der Waals surface area contributed by atoms with Crippen molar-refractivity contribution in [3.8, 4) is 12.1 Å². The second-order valence-corrected chi connectivity index (χ2v) is 10.5.